The minimum atomic E-state index is 0.0119. The summed E-state index contributed by atoms with van der Waals surface area (Å²) in [6.07, 6.45) is 23.9. The Balaban J connectivity index is 1.20. The smallest absolute Gasteiger partial charge is 0.160 e. The molecule has 4 aromatic carbocycles. The standard InChI is InChI=1S/C57H61NOS2/c1-5-9-33-56(34-10-6-2)49-19-15-13-17-45(49)47-28-25-42(37-51(47)56)58(41-23-21-40(22-24-41)53-31-32-55(61-53)54-30-27-44(39-59)60-54)43-26-29-48-46-18-14-16-20-50(46)57(35-11-7-3,36-12-8-4)52(48)38-43/h13-19,21-32,37-39,50H,5-12,20,33-36H2,1-4H3. The van der Waals surface area contributed by atoms with Crippen molar-refractivity contribution in [2.75, 3.05) is 4.90 Å². The van der Waals surface area contributed by atoms with Crippen molar-refractivity contribution in [3.05, 3.63) is 155 Å². The zero-order chi connectivity index (χ0) is 42.0. The van der Waals surface area contributed by atoms with Crippen LogP contribution in [0.2, 0.25) is 0 Å². The summed E-state index contributed by atoms with van der Waals surface area (Å²) in [5, 5.41) is 0. The molecule has 1 unspecified atom stereocenters. The number of anilines is 3. The Hall–Kier alpha value is -4.77. The molecule has 0 aliphatic heterocycles. The van der Waals surface area contributed by atoms with Gasteiger partial charge in [0.25, 0.3) is 0 Å². The molecule has 0 amide bonds. The van der Waals surface area contributed by atoms with Crippen LogP contribution in [-0.4, -0.2) is 6.29 Å². The molecular formula is C57H61NOS2. The number of fused-ring (bicyclic) bond motifs is 6. The summed E-state index contributed by atoms with van der Waals surface area (Å²) in [6.45, 7) is 9.41. The molecule has 0 fully saturated rings. The molecule has 6 aromatic rings. The Morgan fingerprint density at radius 2 is 1.18 bits per heavy atom. The van der Waals surface area contributed by atoms with Gasteiger partial charge in [-0.25, -0.2) is 0 Å². The number of benzene rings is 4. The third-order valence-electron chi connectivity index (χ3n) is 14.3. The summed E-state index contributed by atoms with van der Waals surface area (Å²) in [5.41, 5.74) is 15.5. The maximum Gasteiger partial charge on any atom is 0.160 e. The van der Waals surface area contributed by atoms with E-state index in [0.717, 1.165) is 22.5 Å². The van der Waals surface area contributed by atoms with E-state index in [2.05, 4.69) is 154 Å². The summed E-state index contributed by atoms with van der Waals surface area (Å²) in [5.74, 6) is 0.541. The largest absolute Gasteiger partial charge is 0.310 e. The van der Waals surface area contributed by atoms with E-state index in [1.165, 1.54) is 137 Å². The van der Waals surface area contributed by atoms with Crippen LogP contribution in [-0.2, 0) is 10.8 Å². The van der Waals surface area contributed by atoms with Gasteiger partial charge in [-0.2, -0.15) is 0 Å². The summed E-state index contributed by atoms with van der Waals surface area (Å²) in [6, 6.07) is 42.0. The fourth-order valence-corrected chi connectivity index (χ4v) is 13.2. The Kier molecular flexibility index (Phi) is 12.2. The molecule has 0 bridgehead atoms. The van der Waals surface area contributed by atoms with E-state index in [0.29, 0.717) is 5.92 Å². The number of thiophene rings is 2. The van der Waals surface area contributed by atoms with E-state index >= 15 is 0 Å². The van der Waals surface area contributed by atoms with Crippen LogP contribution in [0.25, 0.3) is 36.9 Å². The number of allylic oxidation sites excluding steroid dienone is 4. The Bertz CT molecular complexity index is 2550. The molecule has 0 spiro atoms. The summed E-state index contributed by atoms with van der Waals surface area (Å²) in [4.78, 5) is 18.3. The van der Waals surface area contributed by atoms with Gasteiger partial charge in [-0.3, -0.25) is 4.79 Å². The minimum Gasteiger partial charge on any atom is -0.310 e. The molecule has 2 nitrogen and oxygen atoms in total. The Morgan fingerprint density at radius 1 is 0.590 bits per heavy atom. The van der Waals surface area contributed by atoms with E-state index in [4.69, 9.17) is 0 Å². The zero-order valence-corrected chi connectivity index (χ0v) is 38.3. The molecule has 0 N–H and O–H groups in total. The first-order valence-electron chi connectivity index (χ1n) is 23.3. The van der Waals surface area contributed by atoms with Gasteiger partial charge in [-0.05, 0) is 143 Å². The lowest BCUT2D eigenvalue weighted by atomic mass is 9.66. The number of rotatable bonds is 18. The average molecular weight is 840 g/mol. The second-order valence-electron chi connectivity index (χ2n) is 17.9. The molecule has 3 aliphatic rings. The number of unbranched alkanes of at least 4 members (excludes halogenated alkanes) is 4. The lowest BCUT2D eigenvalue weighted by Gasteiger charge is -2.38. The average Bonchev–Trinajstić information content (AvgIpc) is 4.10. The van der Waals surface area contributed by atoms with Crippen LogP contribution in [0.3, 0.4) is 0 Å². The van der Waals surface area contributed by atoms with Gasteiger partial charge in [0.1, 0.15) is 0 Å². The molecule has 312 valence electrons. The van der Waals surface area contributed by atoms with Crippen LogP contribution < -0.4 is 4.90 Å². The fraction of sp³-hybridized carbons (Fsp3) is 0.351. The van der Waals surface area contributed by atoms with Crippen LogP contribution in [0.15, 0.2) is 127 Å². The van der Waals surface area contributed by atoms with Crippen LogP contribution in [0, 0.1) is 5.92 Å². The minimum absolute atomic E-state index is 0.0119. The van der Waals surface area contributed by atoms with Gasteiger partial charge in [0.15, 0.2) is 6.29 Å². The number of hydrogen-bond donors (Lipinski definition) is 0. The van der Waals surface area contributed by atoms with Crippen molar-refractivity contribution in [1.82, 2.24) is 0 Å². The third-order valence-corrected chi connectivity index (χ3v) is 16.7. The van der Waals surface area contributed by atoms with Crippen LogP contribution >= 0.6 is 22.7 Å². The van der Waals surface area contributed by atoms with Crippen molar-refractivity contribution in [3.8, 4) is 31.3 Å². The highest BCUT2D eigenvalue weighted by molar-refractivity contribution is 7.24. The molecule has 0 saturated carbocycles. The highest BCUT2D eigenvalue weighted by atomic mass is 32.1. The van der Waals surface area contributed by atoms with Crippen molar-refractivity contribution in [1.29, 1.82) is 0 Å². The van der Waals surface area contributed by atoms with Gasteiger partial charge in [0.05, 0.1) is 4.88 Å². The molecule has 1 atom stereocenters. The normalized spacial score (nSPS) is 16.5. The van der Waals surface area contributed by atoms with Gasteiger partial charge in [-0.1, -0.05) is 146 Å². The lowest BCUT2D eigenvalue weighted by Crippen LogP contribution is -2.32. The van der Waals surface area contributed by atoms with Crippen LogP contribution in [0.4, 0.5) is 17.1 Å². The maximum absolute atomic E-state index is 11.4. The van der Waals surface area contributed by atoms with Crippen molar-refractivity contribution in [3.63, 3.8) is 0 Å². The molecule has 61 heavy (non-hydrogen) atoms. The van der Waals surface area contributed by atoms with E-state index in [-0.39, 0.29) is 10.8 Å². The van der Waals surface area contributed by atoms with Gasteiger partial charge in [-0.15, -0.1) is 22.7 Å². The molecule has 0 saturated heterocycles. The van der Waals surface area contributed by atoms with E-state index in [1.807, 2.05) is 6.07 Å². The Labute approximate surface area is 373 Å². The molecule has 2 heterocycles. The summed E-state index contributed by atoms with van der Waals surface area (Å²) < 4.78 is 0. The van der Waals surface area contributed by atoms with Gasteiger partial charge >= 0.3 is 0 Å². The van der Waals surface area contributed by atoms with Gasteiger partial charge < -0.3 is 4.90 Å². The summed E-state index contributed by atoms with van der Waals surface area (Å²) in [7, 11) is 0. The molecule has 2 aromatic heterocycles. The maximum atomic E-state index is 11.4. The van der Waals surface area contributed by atoms with Crippen molar-refractivity contribution >= 4 is 51.6 Å². The predicted octanol–water partition coefficient (Wildman–Crippen LogP) is 17.7. The van der Waals surface area contributed by atoms with Crippen LogP contribution in [0.1, 0.15) is 143 Å². The first-order valence-corrected chi connectivity index (χ1v) is 24.9. The second-order valence-corrected chi connectivity index (χ2v) is 20.1. The van der Waals surface area contributed by atoms with E-state index in [1.54, 1.807) is 33.8 Å². The monoisotopic (exact) mass is 839 g/mol. The van der Waals surface area contributed by atoms with Gasteiger partial charge in [0.2, 0.25) is 0 Å². The number of carbonyl (C=O) groups is 1. The summed E-state index contributed by atoms with van der Waals surface area (Å²) >= 11 is 3.36. The highest BCUT2D eigenvalue weighted by Gasteiger charge is 2.48. The van der Waals surface area contributed by atoms with E-state index < -0.39 is 0 Å². The first-order chi connectivity index (χ1) is 30.0. The SMILES string of the molecule is CCCCC1(CCCC)c2ccccc2-c2ccc(N(c3ccc(-c4ccc(-c5ccc(C=O)s5)s4)cc3)c3ccc4c(c3)C(CCCC)(CCCC)C3CC=CC=C43)cc21. The fourth-order valence-electron chi connectivity index (χ4n) is 11.3. The Morgan fingerprint density at radius 3 is 1.87 bits per heavy atom. The van der Waals surface area contributed by atoms with Crippen LogP contribution in [0.5, 0.6) is 0 Å². The number of hydrogen-bond acceptors (Lipinski definition) is 4. The highest BCUT2D eigenvalue weighted by Crippen LogP contribution is 2.60. The second kappa shape index (κ2) is 17.9. The number of nitrogens with zero attached hydrogens (tertiary/aromatic N) is 1. The number of aldehydes is 1. The van der Waals surface area contributed by atoms with E-state index in [9.17, 15) is 4.79 Å². The number of carbonyl (C=O) groups excluding carboxylic acids is 1. The zero-order valence-electron chi connectivity index (χ0n) is 36.6. The van der Waals surface area contributed by atoms with Crippen molar-refractivity contribution in [2.24, 2.45) is 5.92 Å². The molecule has 9 rings (SSSR count). The molecule has 3 aliphatic carbocycles. The lowest BCUT2D eigenvalue weighted by molar-refractivity contribution is 0.112. The molecule has 0 radical (unpaired) electrons. The molecular weight excluding hydrogens is 779 g/mol. The van der Waals surface area contributed by atoms with Crippen molar-refractivity contribution < 1.29 is 4.79 Å². The topological polar surface area (TPSA) is 20.3 Å². The first kappa shape index (κ1) is 41.6. The quantitative estimate of drug-likeness (QED) is 0.0804. The molecule has 4 heteroatoms. The third kappa shape index (κ3) is 7.42. The predicted molar refractivity (Wildman–Crippen MR) is 264 cm³/mol. The van der Waals surface area contributed by atoms with Crippen molar-refractivity contribution in [2.45, 2.75) is 122 Å². The van der Waals surface area contributed by atoms with Gasteiger partial charge in [0, 0.05) is 42.5 Å².